The molecule has 6 heteroatoms. The van der Waals surface area contributed by atoms with Crippen LogP contribution in [0.3, 0.4) is 0 Å². The third kappa shape index (κ3) is 3.33. The molecule has 3 rings (SSSR count). The molecule has 0 radical (unpaired) electrons. The molecular weight excluding hydrogens is 311 g/mol. The van der Waals surface area contributed by atoms with Crippen molar-refractivity contribution in [3.05, 3.63) is 33.8 Å². The van der Waals surface area contributed by atoms with Gasteiger partial charge in [-0.25, -0.2) is 0 Å². The minimum Gasteiger partial charge on any atom is -0.352 e. The van der Waals surface area contributed by atoms with Gasteiger partial charge in [-0.05, 0) is 43.9 Å². The summed E-state index contributed by atoms with van der Waals surface area (Å²) >= 11 is 11.9. The fraction of sp³-hybridized carbons (Fsp3) is 0.467. The second-order valence-corrected chi connectivity index (χ2v) is 6.47. The van der Waals surface area contributed by atoms with Crippen molar-refractivity contribution in [2.24, 2.45) is 0 Å². The largest absolute Gasteiger partial charge is 0.352 e. The number of amides is 2. The van der Waals surface area contributed by atoms with Gasteiger partial charge < -0.3 is 10.2 Å². The van der Waals surface area contributed by atoms with Crippen LogP contribution < -0.4 is 5.32 Å². The van der Waals surface area contributed by atoms with Crippen LogP contribution in [0.25, 0.3) is 0 Å². The number of rotatable bonds is 3. The fourth-order valence-corrected chi connectivity index (χ4v) is 3.18. The Bertz CT molecular complexity index is 567. The van der Waals surface area contributed by atoms with E-state index in [0.717, 1.165) is 19.3 Å². The molecule has 1 aliphatic carbocycles. The Kier molecular flexibility index (Phi) is 4.09. The fourth-order valence-electron chi connectivity index (χ4n) is 2.65. The molecule has 0 unspecified atom stereocenters. The first-order chi connectivity index (χ1) is 10.0. The van der Waals surface area contributed by atoms with Crippen LogP contribution in [0.15, 0.2) is 18.2 Å². The summed E-state index contributed by atoms with van der Waals surface area (Å²) < 4.78 is 0. The normalized spacial score (nSPS) is 21.4. The van der Waals surface area contributed by atoms with Crippen molar-refractivity contribution in [2.45, 2.75) is 37.8 Å². The number of carbonyl (C=O) groups is 2. The third-order valence-corrected chi connectivity index (χ3v) is 4.29. The van der Waals surface area contributed by atoms with Gasteiger partial charge in [0.1, 0.15) is 6.04 Å². The van der Waals surface area contributed by atoms with Gasteiger partial charge in [-0.3, -0.25) is 9.59 Å². The van der Waals surface area contributed by atoms with Crippen LogP contribution in [0, 0.1) is 0 Å². The number of likely N-dealkylation sites (tertiary alicyclic amines) is 1. The van der Waals surface area contributed by atoms with Crippen molar-refractivity contribution in [1.82, 2.24) is 10.2 Å². The molecule has 4 nitrogen and oxygen atoms in total. The first-order valence-corrected chi connectivity index (χ1v) is 7.87. The average Bonchev–Trinajstić information content (AvgIpc) is 3.09. The highest BCUT2D eigenvalue weighted by Crippen LogP contribution is 2.26. The number of nitrogens with one attached hydrogen (secondary N) is 1. The Morgan fingerprint density at radius 1 is 1.10 bits per heavy atom. The minimum absolute atomic E-state index is 0.0449. The van der Waals surface area contributed by atoms with E-state index in [2.05, 4.69) is 5.32 Å². The van der Waals surface area contributed by atoms with Crippen molar-refractivity contribution < 1.29 is 9.59 Å². The van der Waals surface area contributed by atoms with E-state index in [-0.39, 0.29) is 17.9 Å². The predicted octanol–water partition coefficient (Wildman–Crippen LogP) is 2.88. The van der Waals surface area contributed by atoms with Crippen molar-refractivity contribution in [3.8, 4) is 0 Å². The first kappa shape index (κ1) is 14.7. The van der Waals surface area contributed by atoms with Crippen LogP contribution in [0.1, 0.15) is 36.0 Å². The lowest BCUT2D eigenvalue weighted by Crippen LogP contribution is -2.46. The summed E-state index contributed by atoms with van der Waals surface area (Å²) in [6, 6.07) is 4.68. The third-order valence-electron chi connectivity index (χ3n) is 3.85. The van der Waals surface area contributed by atoms with E-state index in [9.17, 15) is 9.59 Å². The Hall–Kier alpha value is -1.26. The van der Waals surface area contributed by atoms with E-state index < -0.39 is 0 Å². The van der Waals surface area contributed by atoms with Gasteiger partial charge >= 0.3 is 0 Å². The summed E-state index contributed by atoms with van der Waals surface area (Å²) in [6.45, 7) is 0.589. The van der Waals surface area contributed by atoms with Crippen molar-refractivity contribution in [2.75, 3.05) is 6.54 Å². The maximum Gasteiger partial charge on any atom is 0.254 e. The van der Waals surface area contributed by atoms with Gasteiger partial charge in [0.05, 0.1) is 0 Å². The van der Waals surface area contributed by atoms with Gasteiger partial charge in [-0.1, -0.05) is 23.2 Å². The van der Waals surface area contributed by atoms with E-state index in [0.29, 0.717) is 34.6 Å². The Labute approximate surface area is 133 Å². The zero-order chi connectivity index (χ0) is 15.0. The number of halogens is 2. The quantitative estimate of drug-likeness (QED) is 0.928. The predicted molar refractivity (Wildman–Crippen MR) is 81.7 cm³/mol. The van der Waals surface area contributed by atoms with Crippen LogP contribution >= 0.6 is 23.2 Å². The molecule has 1 N–H and O–H groups in total. The Morgan fingerprint density at radius 2 is 1.76 bits per heavy atom. The standard InChI is InChI=1S/C15H16Cl2N2O2/c16-10-6-9(7-11(17)8-10)15(21)19-5-1-2-13(19)14(20)18-12-3-4-12/h6-8,12-13H,1-5H2,(H,18,20)/t13-/m1/s1. The molecule has 2 fully saturated rings. The van der Waals surface area contributed by atoms with E-state index in [4.69, 9.17) is 23.2 Å². The highest BCUT2D eigenvalue weighted by Gasteiger charge is 2.36. The molecule has 1 aliphatic heterocycles. The SMILES string of the molecule is O=C(NC1CC1)[C@H]1CCCN1C(=O)c1cc(Cl)cc(Cl)c1. The van der Waals surface area contributed by atoms with Gasteiger partial charge in [-0.2, -0.15) is 0 Å². The minimum atomic E-state index is -0.379. The van der Waals surface area contributed by atoms with Crippen molar-refractivity contribution in [3.63, 3.8) is 0 Å². The van der Waals surface area contributed by atoms with E-state index >= 15 is 0 Å². The molecule has 1 aromatic carbocycles. The molecule has 0 bridgehead atoms. The smallest absolute Gasteiger partial charge is 0.254 e. The van der Waals surface area contributed by atoms with Gasteiger partial charge in [0.15, 0.2) is 0 Å². The van der Waals surface area contributed by atoms with Crippen molar-refractivity contribution >= 4 is 35.0 Å². The van der Waals surface area contributed by atoms with E-state index in [1.165, 1.54) is 0 Å². The van der Waals surface area contributed by atoms with Crippen LogP contribution in [0.5, 0.6) is 0 Å². The van der Waals surface area contributed by atoms with Crippen LogP contribution in [0.2, 0.25) is 10.0 Å². The molecule has 1 aromatic rings. The molecule has 1 atom stereocenters. The summed E-state index contributed by atoms with van der Waals surface area (Å²) in [6.07, 6.45) is 3.62. The van der Waals surface area contributed by atoms with Crippen LogP contribution in [0.4, 0.5) is 0 Å². The molecule has 21 heavy (non-hydrogen) atoms. The Morgan fingerprint density at radius 3 is 2.38 bits per heavy atom. The maximum absolute atomic E-state index is 12.6. The summed E-state index contributed by atoms with van der Waals surface area (Å²) in [7, 11) is 0. The van der Waals surface area contributed by atoms with Gasteiger partial charge in [0.25, 0.3) is 5.91 Å². The molecule has 2 aliphatic rings. The lowest BCUT2D eigenvalue weighted by atomic mass is 10.1. The lowest BCUT2D eigenvalue weighted by molar-refractivity contribution is -0.125. The van der Waals surface area contributed by atoms with Crippen LogP contribution in [-0.4, -0.2) is 35.3 Å². The number of hydrogen-bond donors (Lipinski definition) is 1. The zero-order valence-electron chi connectivity index (χ0n) is 11.4. The van der Waals surface area contributed by atoms with Gasteiger partial charge in [0.2, 0.25) is 5.91 Å². The second kappa shape index (κ2) is 5.85. The maximum atomic E-state index is 12.6. The molecule has 0 aromatic heterocycles. The molecule has 1 saturated heterocycles. The number of benzene rings is 1. The average molecular weight is 327 g/mol. The molecule has 0 spiro atoms. The molecular formula is C15H16Cl2N2O2. The topological polar surface area (TPSA) is 49.4 Å². The highest BCUT2D eigenvalue weighted by molar-refractivity contribution is 6.35. The summed E-state index contributed by atoms with van der Waals surface area (Å²) in [5, 5.41) is 3.81. The summed E-state index contributed by atoms with van der Waals surface area (Å²) in [5.41, 5.74) is 0.429. The molecule has 1 heterocycles. The molecule has 112 valence electrons. The van der Waals surface area contributed by atoms with E-state index in [1.807, 2.05) is 0 Å². The number of hydrogen-bond acceptors (Lipinski definition) is 2. The lowest BCUT2D eigenvalue weighted by Gasteiger charge is -2.24. The second-order valence-electron chi connectivity index (χ2n) is 5.60. The monoisotopic (exact) mass is 326 g/mol. The molecule has 2 amide bonds. The highest BCUT2D eigenvalue weighted by atomic mass is 35.5. The van der Waals surface area contributed by atoms with Gasteiger partial charge in [0, 0.05) is 28.2 Å². The summed E-state index contributed by atoms with van der Waals surface area (Å²) in [4.78, 5) is 26.4. The van der Waals surface area contributed by atoms with E-state index in [1.54, 1.807) is 23.1 Å². The Balaban J connectivity index is 1.77. The number of carbonyl (C=O) groups excluding carboxylic acids is 2. The van der Waals surface area contributed by atoms with Gasteiger partial charge in [-0.15, -0.1) is 0 Å². The van der Waals surface area contributed by atoms with Crippen molar-refractivity contribution in [1.29, 1.82) is 0 Å². The number of nitrogens with zero attached hydrogens (tertiary/aromatic N) is 1. The first-order valence-electron chi connectivity index (χ1n) is 7.12. The molecule has 1 saturated carbocycles. The zero-order valence-corrected chi connectivity index (χ0v) is 13.0. The summed E-state index contributed by atoms with van der Waals surface area (Å²) in [5.74, 6) is -0.232. The van der Waals surface area contributed by atoms with Crippen LogP contribution in [-0.2, 0) is 4.79 Å².